The molecular weight excluding hydrogens is 547 g/mol. The lowest BCUT2D eigenvalue weighted by atomic mass is 10.1. The Bertz CT molecular complexity index is 1740. The van der Waals surface area contributed by atoms with Crippen molar-refractivity contribution < 1.29 is 40.0 Å². The Kier molecular flexibility index (Phi) is 7.12. The SMILES string of the molecule is CS(=O)(=O)c1ccccc1-c1ccc(NOC(=O)c2cc(C(F)(F)F)nn2-c2ccc(F)c(C#N)c2)c(F)c1. The lowest BCUT2D eigenvalue weighted by molar-refractivity contribution is -0.141. The van der Waals surface area contributed by atoms with Crippen LogP contribution in [-0.4, -0.2) is 30.4 Å². The first kappa shape index (κ1) is 27.3. The van der Waals surface area contributed by atoms with E-state index in [0.29, 0.717) is 10.7 Å². The number of carbonyl (C=O) groups excluding carboxylic acids is 1. The molecule has 1 aromatic heterocycles. The fraction of sp³-hybridized carbons (Fsp3) is 0.0800. The van der Waals surface area contributed by atoms with Crippen LogP contribution in [0.3, 0.4) is 0 Å². The van der Waals surface area contributed by atoms with Gasteiger partial charge >= 0.3 is 12.1 Å². The van der Waals surface area contributed by atoms with E-state index in [1.807, 2.05) is 5.48 Å². The van der Waals surface area contributed by atoms with Crippen LogP contribution in [0.5, 0.6) is 0 Å². The average molecular weight is 562 g/mol. The fourth-order valence-electron chi connectivity index (χ4n) is 3.54. The zero-order valence-corrected chi connectivity index (χ0v) is 20.4. The molecule has 1 N–H and O–H groups in total. The molecule has 0 spiro atoms. The number of aromatic nitrogens is 2. The number of anilines is 1. The minimum absolute atomic E-state index is 0.0365. The summed E-state index contributed by atoms with van der Waals surface area (Å²) in [5.41, 5.74) is -0.933. The van der Waals surface area contributed by atoms with Gasteiger partial charge < -0.3 is 4.84 Å². The van der Waals surface area contributed by atoms with Crippen molar-refractivity contribution in [3.63, 3.8) is 0 Å². The number of rotatable bonds is 6. The van der Waals surface area contributed by atoms with Crippen LogP contribution in [0, 0.1) is 23.0 Å². The molecule has 0 unspecified atom stereocenters. The molecular formula is C25H15F5N4O4S. The van der Waals surface area contributed by atoms with Crippen LogP contribution < -0.4 is 5.48 Å². The molecule has 4 rings (SSSR count). The lowest BCUT2D eigenvalue weighted by Crippen LogP contribution is -2.16. The van der Waals surface area contributed by atoms with E-state index < -0.39 is 50.6 Å². The summed E-state index contributed by atoms with van der Waals surface area (Å²) in [6.45, 7) is 0. The molecule has 0 atom stereocenters. The van der Waals surface area contributed by atoms with Gasteiger partial charge in [0, 0.05) is 17.9 Å². The van der Waals surface area contributed by atoms with Gasteiger partial charge in [-0.25, -0.2) is 32.2 Å². The van der Waals surface area contributed by atoms with Crippen molar-refractivity contribution in [2.45, 2.75) is 11.1 Å². The summed E-state index contributed by atoms with van der Waals surface area (Å²) in [6.07, 6.45) is -3.96. The number of sulfone groups is 1. The summed E-state index contributed by atoms with van der Waals surface area (Å²) in [7, 11) is -3.63. The van der Waals surface area contributed by atoms with E-state index in [4.69, 9.17) is 10.1 Å². The Morgan fingerprint density at radius 1 is 1.03 bits per heavy atom. The largest absolute Gasteiger partial charge is 0.435 e. The summed E-state index contributed by atoms with van der Waals surface area (Å²) >= 11 is 0. The Morgan fingerprint density at radius 2 is 1.74 bits per heavy atom. The highest BCUT2D eigenvalue weighted by Gasteiger charge is 2.36. The highest BCUT2D eigenvalue weighted by atomic mass is 32.2. The number of nitrogens with one attached hydrogen (secondary N) is 1. The van der Waals surface area contributed by atoms with Crippen molar-refractivity contribution in [3.05, 3.63) is 95.3 Å². The lowest BCUT2D eigenvalue weighted by Gasteiger charge is -2.12. The molecule has 4 aromatic rings. The second-order valence-electron chi connectivity index (χ2n) is 8.05. The number of halogens is 5. The highest BCUT2D eigenvalue weighted by molar-refractivity contribution is 7.90. The predicted octanol–water partition coefficient (Wildman–Crippen LogP) is 5.30. The van der Waals surface area contributed by atoms with E-state index in [1.165, 1.54) is 30.3 Å². The molecule has 0 radical (unpaired) electrons. The molecule has 0 bridgehead atoms. The average Bonchev–Trinajstić information content (AvgIpc) is 3.34. The van der Waals surface area contributed by atoms with Crippen LogP contribution in [0.15, 0.2) is 71.6 Å². The van der Waals surface area contributed by atoms with Gasteiger partial charge in [-0.15, -0.1) is 0 Å². The van der Waals surface area contributed by atoms with Crippen molar-refractivity contribution in [1.29, 1.82) is 5.26 Å². The highest BCUT2D eigenvalue weighted by Crippen LogP contribution is 2.31. The molecule has 14 heteroatoms. The fourth-order valence-corrected chi connectivity index (χ4v) is 4.45. The maximum atomic E-state index is 14.8. The van der Waals surface area contributed by atoms with Crippen molar-refractivity contribution >= 4 is 21.5 Å². The first-order chi connectivity index (χ1) is 18.3. The number of alkyl halides is 3. The van der Waals surface area contributed by atoms with Crippen LogP contribution >= 0.6 is 0 Å². The molecule has 8 nitrogen and oxygen atoms in total. The first-order valence-electron chi connectivity index (χ1n) is 10.7. The van der Waals surface area contributed by atoms with Gasteiger partial charge in [-0.3, -0.25) is 0 Å². The third-order valence-corrected chi connectivity index (χ3v) is 6.50. The molecule has 3 aromatic carbocycles. The second kappa shape index (κ2) is 10.2. The molecule has 200 valence electrons. The maximum Gasteiger partial charge on any atom is 0.435 e. The van der Waals surface area contributed by atoms with Crippen LogP contribution in [-0.2, 0) is 20.9 Å². The minimum Gasteiger partial charge on any atom is -0.336 e. The van der Waals surface area contributed by atoms with Crippen molar-refractivity contribution in [1.82, 2.24) is 9.78 Å². The van der Waals surface area contributed by atoms with Crippen molar-refractivity contribution in [2.24, 2.45) is 0 Å². The van der Waals surface area contributed by atoms with E-state index in [9.17, 15) is 35.2 Å². The van der Waals surface area contributed by atoms with Gasteiger partial charge in [-0.1, -0.05) is 24.3 Å². The molecule has 0 saturated carbocycles. The zero-order chi connectivity index (χ0) is 28.5. The minimum atomic E-state index is -4.96. The second-order valence-corrected chi connectivity index (χ2v) is 10.0. The Morgan fingerprint density at radius 3 is 2.38 bits per heavy atom. The molecule has 0 fully saturated rings. The van der Waals surface area contributed by atoms with Gasteiger partial charge in [0.2, 0.25) is 0 Å². The van der Waals surface area contributed by atoms with Gasteiger partial charge in [0.25, 0.3) is 0 Å². The van der Waals surface area contributed by atoms with Crippen molar-refractivity contribution in [2.75, 3.05) is 11.7 Å². The Hall–Kier alpha value is -4.77. The maximum absolute atomic E-state index is 14.8. The van der Waals surface area contributed by atoms with Crippen LogP contribution in [0.2, 0.25) is 0 Å². The normalized spacial score (nSPS) is 11.6. The van der Waals surface area contributed by atoms with Crippen LogP contribution in [0.25, 0.3) is 16.8 Å². The standard InChI is InChI=1S/C25H15F5N4O4S/c1-39(36,37)22-5-3-2-4-17(22)14-6-9-20(19(27)11-14)33-38-24(35)21-12-23(25(28,29)30)32-34(21)16-7-8-18(26)15(10-16)13-31/h2-12,33H,1H3. The van der Waals surface area contributed by atoms with E-state index in [1.54, 1.807) is 6.07 Å². The number of nitriles is 1. The molecule has 0 amide bonds. The van der Waals surface area contributed by atoms with E-state index in [0.717, 1.165) is 36.6 Å². The zero-order valence-electron chi connectivity index (χ0n) is 19.6. The summed E-state index contributed by atoms with van der Waals surface area (Å²) in [6, 6.07) is 14.0. The quantitative estimate of drug-likeness (QED) is 0.251. The van der Waals surface area contributed by atoms with Gasteiger partial charge in [0.05, 0.1) is 16.1 Å². The molecule has 1 heterocycles. The van der Waals surface area contributed by atoms with Crippen LogP contribution in [0.4, 0.5) is 27.6 Å². The van der Waals surface area contributed by atoms with Gasteiger partial charge in [-0.05, 0) is 42.0 Å². The van der Waals surface area contributed by atoms with Gasteiger partial charge in [0.1, 0.15) is 23.4 Å². The molecule has 0 aliphatic rings. The smallest absolute Gasteiger partial charge is 0.336 e. The summed E-state index contributed by atoms with van der Waals surface area (Å²) in [5.74, 6) is -3.31. The van der Waals surface area contributed by atoms with Gasteiger partial charge in [-0.2, -0.15) is 23.5 Å². The van der Waals surface area contributed by atoms with Crippen LogP contribution in [0.1, 0.15) is 21.7 Å². The van der Waals surface area contributed by atoms with Gasteiger partial charge in [0.15, 0.2) is 21.2 Å². The molecule has 39 heavy (non-hydrogen) atoms. The number of carbonyl (C=O) groups is 1. The molecule has 0 aliphatic heterocycles. The number of benzene rings is 3. The third kappa shape index (κ3) is 5.73. The van der Waals surface area contributed by atoms with E-state index in [2.05, 4.69) is 5.10 Å². The van der Waals surface area contributed by atoms with E-state index >= 15 is 0 Å². The molecule has 0 aliphatic carbocycles. The summed E-state index contributed by atoms with van der Waals surface area (Å²) in [5, 5.41) is 12.4. The Labute approximate surface area is 217 Å². The Balaban J connectivity index is 1.63. The number of hydrogen-bond acceptors (Lipinski definition) is 7. The van der Waals surface area contributed by atoms with Crippen molar-refractivity contribution in [3.8, 4) is 22.9 Å². The summed E-state index contributed by atoms with van der Waals surface area (Å²) in [4.78, 5) is 17.4. The number of nitrogens with zero attached hydrogens (tertiary/aromatic N) is 3. The van der Waals surface area contributed by atoms with E-state index in [-0.39, 0.29) is 27.4 Å². The predicted molar refractivity (Wildman–Crippen MR) is 127 cm³/mol. The first-order valence-corrected chi connectivity index (χ1v) is 12.6. The topological polar surface area (TPSA) is 114 Å². The third-order valence-electron chi connectivity index (χ3n) is 5.34. The molecule has 0 saturated heterocycles. The monoisotopic (exact) mass is 562 g/mol. The summed E-state index contributed by atoms with van der Waals surface area (Å²) < 4.78 is 93.1. The number of hydrogen-bond donors (Lipinski definition) is 1.